The number of thiophene rings is 1. The summed E-state index contributed by atoms with van der Waals surface area (Å²) in [7, 11) is 0. The zero-order valence-corrected chi connectivity index (χ0v) is 12.5. The van der Waals surface area contributed by atoms with Crippen molar-refractivity contribution in [3.8, 4) is 0 Å². The molecule has 2 heterocycles. The molecular weight excluding hydrogens is 292 g/mol. The van der Waals surface area contributed by atoms with Crippen LogP contribution in [-0.2, 0) is 11.2 Å². The van der Waals surface area contributed by atoms with Crippen molar-refractivity contribution in [3.63, 3.8) is 0 Å². The average Bonchev–Trinajstić information content (AvgIpc) is 2.77. The van der Waals surface area contributed by atoms with E-state index in [2.05, 4.69) is 23.3 Å². The Labute approximate surface area is 126 Å². The molecule has 0 fully saturated rings. The number of hydrogen-bond donors (Lipinski definition) is 1. The number of anilines is 1. The molecule has 1 aromatic heterocycles. The molecule has 1 N–H and O–H groups in total. The van der Waals surface area contributed by atoms with Crippen molar-refractivity contribution in [2.45, 2.75) is 13.3 Å². The summed E-state index contributed by atoms with van der Waals surface area (Å²) in [5, 5.41) is 4.43. The Kier molecular flexibility index (Phi) is 3.59. The molecule has 102 valence electrons. The molecule has 3 nitrogen and oxygen atoms in total. The lowest BCUT2D eigenvalue weighted by molar-refractivity contribution is -0.114. The summed E-state index contributed by atoms with van der Waals surface area (Å²) in [6, 6.07) is 9.68. The molecule has 0 unspecified atom stereocenters. The lowest BCUT2D eigenvalue weighted by Gasteiger charge is -2.06. The van der Waals surface area contributed by atoms with Gasteiger partial charge in [-0.25, -0.2) is 0 Å². The van der Waals surface area contributed by atoms with Gasteiger partial charge in [-0.05, 0) is 18.6 Å². The van der Waals surface area contributed by atoms with Gasteiger partial charge in [0.2, 0.25) is 5.91 Å². The number of fused-ring (bicyclic) bond motifs is 1. The number of halogens is 1. The van der Waals surface area contributed by atoms with Gasteiger partial charge in [-0.15, -0.1) is 11.3 Å². The maximum absolute atomic E-state index is 11.8. The minimum absolute atomic E-state index is 0.0854. The van der Waals surface area contributed by atoms with Crippen LogP contribution in [0.15, 0.2) is 35.3 Å². The molecule has 1 aliphatic heterocycles. The summed E-state index contributed by atoms with van der Waals surface area (Å²) in [5.41, 5.74) is 2.62. The summed E-state index contributed by atoms with van der Waals surface area (Å²) in [5.74, 6) is -0.0854. The van der Waals surface area contributed by atoms with Crippen LogP contribution < -0.4 is 5.32 Å². The van der Waals surface area contributed by atoms with Gasteiger partial charge in [0.05, 0.1) is 5.71 Å². The van der Waals surface area contributed by atoms with Crippen molar-refractivity contribution >= 4 is 39.6 Å². The van der Waals surface area contributed by atoms with Crippen LogP contribution in [0.1, 0.15) is 22.9 Å². The van der Waals surface area contributed by atoms with E-state index >= 15 is 0 Å². The number of benzene rings is 1. The van der Waals surface area contributed by atoms with Gasteiger partial charge < -0.3 is 5.32 Å². The molecule has 0 aliphatic carbocycles. The average molecular weight is 305 g/mol. The van der Waals surface area contributed by atoms with Crippen LogP contribution in [0.5, 0.6) is 0 Å². The van der Waals surface area contributed by atoms with E-state index in [9.17, 15) is 4.79 Å². The third-order valence-corrected chi connectivity index (χ3v) is 4.67. The van der Waals surface area contributed by atoms with Gasteiger partial charge in [-0.2, -0.15) is 0 Å². The van der Waals surface area contributed by atoms with Gasteiger partial charge in [-0.3, -0.25) is 9.79 Å². The second-order valence-electron chi connectivity index (χ2n) is 4.50. The molecule has 5 heteroatoms. The van der Waals surface area contributed by atoms with Crippen molar-refractivity contribution in [1.29, 1.82) is 0 Å². The minimum atomic E-state index is -0.0854. The molecule has 0 spiro atoms. The third-order valence-electron chi connectivity index (χ3n) is 3.15. The van der Waals surface area contributed by atoms with Crippen LogP contribution in [-0.4, -0.2) is 18.2 Å². The normalized spacial score (nSPS) is 14.3. The molecular formula is C15H13ClN2OS. The number of amides is 1. The number of nitrogens with one attached hydrogen (secondary N) is 1. The summed E-state index contributed by atoms with van der Waals surface area (Å²) < 4.78 is 0. The molecule has 0 saturated heterocycles. The highest BCUT2D eigenvalue weighted by Crippen LogP contribution is 2.33. The second-order valence-corrected chi connectivity index (χ2v) is 6.05. The Hall–Kier alpha value is -1.65. The zero-order valence-electron chi connectivity index (χ0n) is 10.9. The molecule has 0 bridgehead atoms. The van der Waals surface area contributed by atoms with E-state index in [-0.39, 0.29) is 12.5 Å². The van der Waals surface area contributed by atoms with Gasteiger partial charge in [0, 0.05) is 21.0 Å². The lowest BCUT2D eigenvalue weighted by atomic mass is 10.0. The molecule has 2 aromatic rings. The zero-order chi connectivity index (χ0) is 14.1. The van der Waals surface area contributed by atoms with E-state index in [0.29, 0.717) is 5.02 Å². The minimum Gasteiger partial charge on any atom is -0.316 e. The number of hydrogen-bond acceptors (Lipinski definition) is 3. The highest BCUT2D eigenvalue weighted by molar-refractivity contribution is 7.16. The summed E-state index contributed by atoms with van der Waals surface area (Å²) in [6.07, 6.45) is 0.934. The molecule has 20 heavy (non-hydrogen) atoms. The fraction of sp³-hybridized carbons (Fsp3) is 0.200. The van der Waals surface area contributed by atoms with Crippen molar-refractivity contribution in [2.24, 2.45) is 4.99 Å². The monoisotopic (exact) mass is 304 g/mol. The first kappa shape index (κ1) is 13.3. The fourth-order valence-electron chi connectivity index (χ4n) is 2.17. The summed E-state index contributed by atoms with van der Waals surface area (Å²) >= 11 is 7.87. The van der Waals surface area contributed by atoms with Gasteiger partial charge in [0.25, 0.3) is 0 Å². The van der Waals surface area contributed by atoms with E-state index < -0.39 is 0 Å². The number of carbonyl (C=O) groups is 1. The van der Waals surface area contributed by atoms with Crippen molar-refractivity contribution < 1.29 is 4.79 Å². The lowest BCUT2D eigenvalue weighted by Crippen LogP contribution is -2.12. The standard InChI is InChI=1S/C15H13ClN2OS/c1-2-9-7-11-14(10-5-3-4-6-12(10)16)17-8-13(19)18-15(11)20-9/h3-7H,2,8H2,1H3,(H,18,19). The van der Waals surface area contributed by atoms with Crippen LogP contribution in [0.2, 0.25) is 5.02 Å². The van der Waals surface area contributed by atoms with Gasteiger partial charge in [0.15, 0.2) is 0 Å². The maximum atomic E-state index is 11.8. The number of carbonyl (C=O) groups excluding carboxylic acids is 1. The Morgan fingerprint density at radius 3 is 2.90 bits per heavy atom. The van der Waals surface area contributed by atoms with Gasteiger partial charge in [0.1, 0.15) is 11.5 Å². The second kappa shape index (κ2) is 5.38. The Morgan fingerprint density at radius 1 is 1.35 bits per heavy atom. The highest BCUT2D eigenvalue weighted by Gasteiger charge is 2.21. The summed E-state index contributed by atoms with van der Waals surface area (Å²) in [4.78, 5) is 17.4. The number of aryl methyl sites for hydroxylation is 1. The van der Waals surface area contributed by atoms with Crippen LogP contribution in [0.4, 0.5) is 5.00 Å². The van der Waals surface area contributed by atoms with E-state index in [1.54, 1.807) is 11.3 Å². The van der Waals surface area contributed by atoms with Crippen LogP contribution in [0.25, 0.3) is 0 Å². The SMILES string of the molecule is CCc1cc2c(s1)NC(=O)CN=C2c1ccccc1Cl. The predicted molar refractivity (Wildman–Crippen MR) is 84.3 cm³/mol. The van der Waals surface area contributed by atoms with Crippen molar-refractivity contribution in [1.82, 2.24) is 0 Å². The predicted octanol–water partition coefficient (Wildman–Crippen LogP) is 3.75. The quantitative estimate of drug-likeness (QED) is 0.902. The Bertz CT molecular complexity index is 706. The number of nitrogens with zero attached hydrogens (tertiary/aromatic N) is 1. The van der Waals surface area contributed by atoms with E-state index in [1.807, 2.05) is 24.3 Å². The fourth-order valence-corrected chi connectivity index (χ4v) is 3.41. The highest BCUT2D eigenvalue weighted by atomic mass is 35.5. The molecule has 0 atom stereocenters. The molecule has 3 rings (SSSR count). The Balaban J connectivity index is 2.18. The molecule has 1 aromatic carbocycles. The summed E-state index contributed by atoms with van der Waals surface area (Å²) in [6.45, 7) is 2.22. The largest absolute Gasteiger partial charge is 0.316 e. The molecule has 1 amide bonds. The third kappa shape index (κ3) is 2.37. The van der Waals surface area contributed by atoms with Crippen LogP contribution >= 0.6 is 22.9 Å². The topological polar surface area (TPSA) is 41.5 Å². The molecule has 1 aliphatic rings. The van der Waals surface area contributed by atoms with Crippen LogP contribution in [0, 0.1) is 0 Å². The van der Waals surface area contributed by atoms with Crippen molar-refractivity contribution in [2.75, 3.05) is 11.9 Å². The smallest absolute Gasteiger partial charge is 0.246 e. The van der Waals surface area contributed by atoms with Gasteiger partial charge >= 0.3 is 0 Å². The number of aliphatic imine (C=N–C) groups is 1. The molecule has 0 radical (unpaired) electrons. The molecule has 0 saturated carbocycles. The van der Waals surface area contributed by atoms with E-state index in [0.717, 1.165) is 28.3 Å². The van der Waals surface area contributed by atoms with E-state index in [4.69, 9.17) is 11.6 Å². The van der Waals surface area contributed by atoms with Crippen molar-refractivity contribution in [3.05, 3.63) is 51.4 Å². The first-order valence-corrected chi connectivity index (χ1v) is 7.60. The van der Waals surface area contributed by atoms with E-state index in [1.165, 1.54) is 4.88 Å². The Morgan fingerprint density at radius 2 is 2.15 bits per heavy atom. The number of rotatable bonds is 2. The van der Waals surface area contributed by atoms with Gasteiger partial charge in [-0.1, -0.05) is 36.7 Å². The first-order valence-electron chi connectivity index (χ1n) is 6.41. The first-order chi connectivity index (χ1) is 9.69. The van der Waals surface area contributed by atoms with Crippen LogP contribution in [0.3, 0.4) is 0 Å². The maximum Gasteiger partial charge on any atom is 0.246 e.